The van der Waals surface area contributed by atoms with E-state index in [4.69, 9.17) is 16.3 Å². The number of amides is 1. The molecule has 8 nitrogen and oxygen atoms in total. The molecule has 0 bridgehead atoms. The number of halogens is 1. The second kappa shape index (κ2) is 9.50. The van der Waals surface area contributed by atoms with Crippen molar-refractivity contribution < 1.29 is 9.53 Å². The van der Waals surface area contributed by atoms with Crippen LogP contribution in [0.1, 0.15) is 30.2 Å². The predicted octanol–water partition coefficient (Wildman–Crippen LogP) is 2.91. The van der Waals surface area contributed by atoms with Gasteiger partial charge in [-0.05, 0) is 37.1 Å². The van der Waals surface area contributed by atoms with Crippen LogP contribution in [0, 0.1) is 11.3 Å². The van der Waals surface area contributed by atoms with Crippen molar-refractivity contribution in [1.29, 1.82) is 5.26 Å². The van der Waals surface area contributed by atoms with E-state index in [9.17, 15) is 10.1 Å². The Bertz CT molecular complexity index is 980. The minimum absolute atomic E-state index is 0.0100. The summed E-state index contributed by atoms with van der Waals surface area (Å²) in [4.78, 5) is 25.6. The topological polar surface area (TPSA) is 94.4 Å². The fraction of sp³-hybridized carbons (Fsp3) is 0.455. The summed E-state index contributed by atoms with van der Waals surface area (Å²) in [5.74, 6) is 0.809. The Kier molecular flexibility index (Phi) is 6.54. The van der Waals surface area contributed by atoms with Crippen LogP contribution in [0.2, 0.25) is 5.28 Å². The van der Waals surface area contributed by atoms with Crippen LogP contribution in [-0.4, -0.2) is 52.7 Å². The molecule has 9 heteroatoms. The molecule has 2 aliphatic heterocycles. The summed E-state index contributed by atoms with van der Waals surface area (Å²) in [6.45, 7) is 4.69. The van der Waals surface area contributed by atoms with Gasteiger partial charge in [-0.2, -0.15) is 5.26 Å². The van der Waals surface area contributed by atoms with E-state index in [0.29, 0.717) is 19.6 Å². The van der Waals surface area contributed by atoms with E-state index in [1.807, 2.05) is 37.3 Å². The van der Waals surface area contributed by atoms with Gasteiger partial charge >= 0.3 is 6.09 Å². The number of carbonyl (C=O) groups excluding carboxylic acids is 1. The van der Waals surface area contributed by atoms with Crippen LogP contribution in [0.25, 0.3) is 0 Å². The van der Waals surface area contributed by atoms with Gasteiger partial charge in [0.05, 0.1) is 24.2 Å². The number of nitrogens with one attached hydrogen (secondary N) is 1. The Balaban J connectivity index is 1.53. The minimum atomic E-state index is -0.400. The fourth-order valence-electron chi connectivity index (χ4n) is 4.19. The molecule has 1 saturated heterocycles. The molecule has 0 saturated carbocycles. The van der Waals surface area contributed by atoms with Crippen molar-refractivity contribution >= 4 is 23.5 Å². The zero-order valence-electron chi connectivity index (χ0n) is 17.4. The first-order valence-electron chi connectivity index (χ1n) is 10.4. The number of fused-ring (bicyclic) bond motifs is 1. The van der Waals surface area contributed by atoms with E-state index in [-0.39, 0.29) is 30.4 Å². The highest BCUT2D eigenvalue weighted by Crippen LogP contribution is 2.30. The van der Waals surface area contributed by atoms with Crippen molar-refractivity contribution in [2.45, 2.75) is 45.0 Å². The van der Waals surface area contributed by atoms with Crippen molar-refractivity contribution in [1.82, 2.24) is 20.2 Å². The van der Waals surface area contributed by atoms with Crippen LogP contribution in [0.5, 0.6) is 0 Å². The second-order valence-electron chi connectivity index (χ2n) is 7.88. The predicted molar refractivity (Wildman–Crippen MR) is 117 cm³/mol. The molecule has 31 heavy (non-hydrogen) atoms. The SMILES string of the molecule is CC1CN(C(=O)OCc2ccccc2)[C@@H](CC#N)CN1c1nc(Cl)nc2c1CCNC2. The average Bonchev–Trinajstić information content (AvgIpc) is 2.78. The maximum absolute atomic E-state index is 12.9. The van der Waals surface area contributed by atoms with Crippen LogP contribution in [0.15, 0.2) is 30.3 Å². The van der Waals surface area contributed by atoms with Gasteiger partial charge in [0.1, 0.15) is 12.4 Å². The average molecular weight is 441 g/mol. The summed E-state index contributed by atoms with van der Waals surface area (Å²) in [6.07, 6.45) is 0.630. The number of ether oxygens (including phenoxy) is 1. The molecule has 0 aliphatic carbocycles. The monoisotopic (exact) mass is 440 g/mol. The zero-order chi connectivity index (χ0) is 21.8. The van der Waals surface area contributed by atoms with E-state index < -0.39 is 6.09 Å². The minimum Gasteiger partial charge on any atom is -0.445 e. The van der Waals surface area contributed by atoms with E-state index in [2.05, 4.69) is 26.3 Å². The van der Waals surface area contributed by atoms with Crippen molar-refractivity contribution in [3.8, 4) is 6.07 Å². The fourth-order valence-corrected chi connectivity index (χ4v) is 4.37. The molecule has 2 aromatic rings. The summed E-state index contributed by atoms with van der Waals surface area (Å²) in [5.41, 5.74) is 2.93. The van der Waals surface area contributed by atoms with Gasteiger partial charge in [0.2, 0.25) is 5.28 Å². The third-order valence-electron chi connectivity index (χ3n) is 5.77. The van der Waals surface area contributed by atoms with E-state index in [0.717, 1.165) is 35.6 Å². The normalized spacial score (nSPS) is 20.7. The lowest BCUT2D eigenvalue weighted by Gasteiger charge is -2.45. The molecule has 1 fully saturated rings. The summed E-state index contributed by atoms with van der Waals surface area (Å²) < 4.78 is 5.55. The Morgan fingerprint density at radius 2 is 2.13 bits per heavy atom. The maximum atomic E-state index is 12.9. The summed E-state index contributed by atoms with van der Waals surface area (Å²) in [6, 6.07) is 11.5. The van der Waals surface area contributed by atoms with Gasteiger partial charge in [0.25, 0.3) is 0 Å². The third-order valence-corrected chi connectivity index (χ3v) is 5.94. The van der Waals surface area contributed by atoms with Crippen LogP contribution in [0.4, 0.5) is 10.6 Å². The first-order chi connectivity index (χ1) is 15.1. The number of nitriles is 1. The molecular weight excluding hydrogens is 416 g/mol. The number of hydrogen-bond acceptors (Lipinski definition) is 7. The number of rotatable bonds is 4. The van der Waals surface area contributed by atoms with Gasteiger partial charge in [-0.25, -0.2) is 14.8 Å². The smallest absolute Gasteiger partial charge is 0.410 e. The van der Waals surface area contributed by atoms with Gasteiger partial charge in [-0.15, -0.1) is 0 Å². The Morgan fingerprint density at radius 1 is 1.32 bits per heavy atom. The van der Waals surface area contributed by atoms with Crippen LogP contribution >= 0.6 is 11.6 Å². The number of carbonyl (C=O) groups is 1. The maximum Gasteiger partial charge on any atom is 0.410 e. The molecule has 0 spiro atoms. The summed E-state index contributed by atoms with van der Waals surface area (Å²) >= 11 is 6.21. The van der Waals surface area contributed by atoms with Gasteiger partial charge in [-0.1, -0.05) is 30.3 Å². The lowest BCUT2D eigenvalue weighted by molar-refractivity contribution is 0.0709. The Labute approximate surface area is 186 Å². The second-order valence-corrected chi connectivity index (χ2v) is 8.22. The molecule has 0 radical (unpaired) electrons. The van der Waals surface area contributed by atoms with E-state index >= 15 is 0 Å². The van der Waals surface area contributed by atoms with E-state index in [1.54, 1.807) is 4.90 Å². The summed E-state index contributed by atoms with van der Waals surface area (Å²) in [5, 5.41) is 12.9. The van der Waals surface area contributed by atoms with Crippen molar-refractivity contribution in [3.05, 3.63) is 52.4 Å². The van der Waals surface area contributed by atoms with Gasteiger partial charge in [-0.3, -0.25) is 0 Å². The van der Waals surface area contributed by atoms with Gasteiger partial charge in [0, 0.05) is 31.2 Å². The molecular formula is C22H25ClN6O2. The molecule has 1 aromatic heterocycles. The van der Waals surface area contributed by atoms with Crippen LogP contribution < -0.4 is 10.2 Å². The van der Waals surface area contributed by atoms with Crippen LogP contribution in [-0.2, 0) is 24.3 Å². The van der Waals surface area contributed by atoms with Crippen LogP contribution in [0.3, 0.4) is 0 Å². The van der Waals surface area contributed by atoms with Crippen molar-refractivity contribution in [2.24, 2.45) is 0 Å². The molecule has 4 rings (SSSR count). The zero-order valence-corrected chi connectivity index (χ0v) is 18.2. The molecule has 162 valence electrons. The first-order valence-corrected chi connectivity index (χ1v) is 10.8. The highest BCUT2D eigenvalue weighted by Gasteiger charge is 2.37. The molecule has 2 atom stereocenters. The largest absolute Gasteiger partial charge is 0.445 e. The highest BCUT2D eigenvalue weighted by molar-refractivity contribution is 6.28. The Hall–Kier alpha value is -2.89. The van der Waals surface area contributed by atoms with Crippen molar-refractivity contribution in [3.63, 3.8) is 0 Å². The highest BCUT2D eigenvalue weighted by atomic mass is 35.5. The molecule has 1 unspecified atom stereocenters. The standard InChI is InChI=1S/C22H25ClN6O2/c1-15-12-29(22(30)31-14-16-5-3-2-4-6-16)17(7-9-24)13-28(15)20-18-8-10-25-11-19(18)26-21(23)27-20/h2-6,15,17,25H,7-8,10-14H2,1H3/t15?,17-/m0/s1. The number of aromatic nitrogens is 2. The quantitative estimate of drug-likeness (QED) is 0.730. The molecule has 1 amide bonds. The lowest BCUT2D eigenvalue weighted by Crippen LogP contribution is -2.59. The first kappa shape index (κ1) is 21.3. The molecule has 1 N–H and O–H groups in total. The lowest BCUT2D eigenvalue weighted by atomic mass is 10.0. The number of anilines is 1. The molecule has 3 heterocycles. The number of piperazine rings is 1. The van der Waals surface area contributed by atoms with Crippen molar-refractivity contribution in [2.75, 3.05) is 24.5 Å². The molecule has 2 aliphatic rings. The van der Waals surface area contributed by atoms with E-state index in [1.165, 1.54) is 0 Å². The number of nitrogens with zero attached hydrogens (tertiary/aromatic N) is 5. The number of hydrogen-bond donors (Lipinski definition) is 1. The number of benzene rings is 1. The van der Waals surface area contributed by atoms with Gasteiger partial charge in [0.15, 0.2) is 0 Å². The summed E-state index contributed by atoms with van der Waals surface area (Å²) in [7, 11) is 0. The van der Waals surface area contributed by atoms with Gasteiger partial charge < -0.3 is 19.9 Å². The third kappa shape index (κ3) is 4.73. The molecule has 1 aromatic carbocycles. The Morgan fingerprint density at radius 3 is 2.90 bits per heavy atom.